The van der Waals surface area contributed by atoms with Gasteiger partial charge in [0.15, 0.2) is 12.6 Å². The van der Waals surface area contributed by atoms with E-state index in [9.17, 15) is 10.2 Å². The number of hydrogen-bond donors (Lipinski definition) is 2. The topological polar surface area (TPSA) is 133 Å². The molecule has 0 aromatic rings. The average molecular weight is 1270 g/mol. The molecule has 14 heteroatoms. The summed E-state index contributed by atoms with van der Waals surface area (Å²) in [5.41, 5.74) is -0.315. The van der Waals surface area contributed by atoms with E-state index in [2.05, 4.69) is 51.8 Å². The summed E-state index contributed by atoms with van der Waals surface area (Å²) in [6.45, 7) is 11.5. The monoisotopic (exact) mass is 1270 g/mol. The van der Waals surface area contributed by atoms with Gasteiger partial charge in [0.2, 0.25) is 0 Å². The molecule has 0 spiro atoms. The van der Waals surface area contributed by atoms with E-state index >= 15 is 0 Å². The number of hydrogen-bond acceptors (Lipinski definition) is 12. The van der Waals surface area contributed by atoms with Gasteiger partial charge in [-0.1, -0.05) is 26.7 Å². The summed E-state index contributed by atoms with van der Waals surface area (Å²) in [6.07, 6.45) is 15.6. The fourth-order valence-corrected chi connectivity index (χ4v) is 5.27. The summed E-state index contributed by atoms with van der Waals surface area (Å²) in [5, 5.41) is 18.7. The van der Waals surface area contributed by atoms with Crippen molar-refractivity contribution >= 4 is 0 Å². The van der Waals surface area contributed by atoms with E-state index in [4.69, 9.17) is 37.9 Å². The second-order valence-electron chi connectivity index (χ2n) is 13.4. The van der Waals surface area contributed by atoms with E-state index in [-0.39, 0.29) is 18.0 Å². The Kier molecular flexibility index (Phi) is 42.1. The van der Waals surface area contributed by atoms with Crippen LogP contribution in [0.15, 0.2) is 0 Å². The third-order valence-corrected chi connectivity index (χ3v) is 8.28. The summed E-state index contributed by atoms with van der Waals surface area (Å²) in [7, 11) is 13.4. The maximum atomic E-state index is 9.37. The molecule has 4 atom stereocenters. The van der Waals surface area contributed by atoms with Crippen LogP contribution >= 0.6 is 0 Å². The molecule has 2 heterocycles. The zero-order valence-electron chi connectivity index (χ0n) is 33.8. The van der Waals surface area contributed by atoms with E-state index in [0.717, 1.165) is 116 Å². The number of unbranched alkanes of at least 4 members (excludes halogenated alkanes) is 4. The smallest absolute Gasteiger partial charge is 0.157 e. The summed E-state index contributed by atoms with van der Waals surface area (Å²) in [5.74, 6) is 0. The Labute approximate surface area is 311 Å². The second-order valence-corrected chi connectivity index (χ2v) is 13.4. The van der Waals surface area contributed by atoms with Gasteiger partial charge in [-0.05, 0) is 89.9 Å². The van der Waals surface area contributed by atoms with Gasteiger partial charge in [0.25, 0.3) is 0 Å². The molecule has 2 N–H and O–H groups in total. The molecule has 2 saturated heterocycles. The van der Waals surface area contributed by atoms with Gasteiger partial charge in [0.1, 0.15) is 0 Å². The molecule has 0 bridgehead atoms. The van der Waals surface area contributed by atoms with Crippen LogP contribution in [0.1, 0.15) is 117 Å². The van der Waals surface area contributed by atoms with Gasteiger partial charge >= 0.3 is 0 Å². The first-order chi connectivity index (χ1) is 24.9. The van der Waals surface area contributed by atoms with Crippen LogP contribution < -0.4 is 0 Å². The average Bonchev–Trinajstić information content (AvgIpc) is 3.14. The molecule has 12 nitrogen and oxygen atoms in total. The molecule has 0 saturated carbocycles. The summed E-state index contributed by atoms with van der Waals surface area (Å²) < 4.78 is 52.8. The molecule has 0 radical (unpaired) electrons. The quantitative estimate of drug-likeness (QED) is 0.0570. The molecular formula is C39H76O12Rf2-4. The van der Waals surface area contributed by atoms with Gasteiger partial charge < -0.3 is 57.6 Å². The fourth-order valence-electron chi connectivity index (χ4n) is 5.27. The van der Waals surface area contributed by atoms with Crippen molar-refractivity contribution in [3.63, 3.8) is 0 Å². The van der Waals surface area contributed by atoms with Crippen molar-refractivity contribution in [2.75, 3.05) is 79.3 Å². The molecule has 2 rings (SSSR count). The van der Waals surface area contributed by atoms with Crippen molar-refractivity contribution in [1.82, 2.24) is 0 Å². The van der Waals surface area contributed by atoms with Crippen LogP contribution in [0.5, 0.6) is 0 Å². The van der Waals surface area contributed by atoms with Crippen molar-refractivity contribution in [1.29, 1.82) is 0 Å². The van der Waals surface area contributed by atoms with Crippen molar-refractivity contribution in [2.24, 2.45) is 5.41 Å². The maximum absolute atomic E-state index is 9.37. The van der Waals surface area contributed by atoms with Gasteiger partial charge in [0.05, 0.1) is 30.8 Å². The minimum absolute atomic E-state index is 0. The van der Waals surface area contributed by atoms with Gasteiger partial charge in [-0.15, -0.1) is 0 Å². The first-order valence-corrected chi connectivity index (χ1v) is 19.4. The molecule has 0 aromatic heterocycles. The zero-order valence-corrected chi connectivity index (χ0v) is 46.6. The minimum atomic E-state index is -0.400. The number of aliphatic hydroxyl groups excluding tert-OH is 2. The van der Waals surface area contributed by atoms with Crippen LogP contribution in [-0.2, 0) is 47.4 Å². The Morgan fingerprint density at radius 2 is 0.981 bits per heavy atom. The largest absolute Gasteiger partial charge is 0.554 e. The summed E-state index contributed by atoms with van der Waals surface area (Å²) in [4.78, 5) is 0. The molecule has 2 aliphatic rings. The van der Waals surface area contributed by atoms with Crippen LogP contribution in [-0.4, -0.2) is 114 Å². The third kappa shape index (κ3) is 33.8. The van der Waals surface area contributed by atoms with Gasteiger partial charge in [-0.25, -0.2) is 28.4 Å². The van der Waals surface area contributed by atoms with E-state index in [1.807, 2.05) is 0 Å². The van der Waals surface area contributed by atoms with Crippen molar-refractivity contribution < 1.29 is 57.6 Å². The molecule has 53 heavy (non-hydrogen) atoms. The first-order valence-electron chi connectivity index (χ1n) is 19.4. The molecule has 2 fully saturated rings. The van der Waals surface area contributed by atoms with Gasteiger partial charge in [-0.3, -0.25) is 0 Å². The SMILES string of the molecule is [CH2-]OCC(CO[CH2-])(COCCCC)COCCCC.[CH2-]OCC(O)CCCCOC1CCCCO1.[CH2-]OCC(O)CCCCOC1CCCCO1.[Rf].[Rf]. The van der Waals surface area contributed by atoms with E-state index < -0.39 is 12.2 Å². The Hall–Kier alpha value is -2.48. The second kappa shape index (κ2) is 40.7. The third-order valence-electron chi connectivity index (χ3n) is 8.28. The predicted octanol–water partition coefficient (Wildman–Crippen LogP) is 6.96. The van der Waals surface area contributed by atoms with Crippen LogP contribution in [0.3, 0.4) is 0 Å². The normalized spacial score (nSPS) is 18.3. The molecule has 312 valence electrons. The van der Waals surface area contributed by atoms with Crippen molar-refractivity contribution in [3.05, 3.63) is 28.4 Å². The molecule has 0 aliphatic carbocycles. The predicted molar refractivity (Wildman–Crippen MR) is 198 cm³/mol. The Bertz CT molecular complexity index is 633. The van der Waals surface area contributed by atoms with Crippen LogP contribution in [0.2, 0.25) is 0 Å². The van der Waals surface area contributed by atoms with Gasteiger partial charge in [-0.2, -0.15) is 0 Å². The Morgan fingerprint density at radius 1 is 0.566 bits per heavy atom. The van der Waals surface area contributed by atoms with Crippen molar-refractivity contribution in [2.45, 2.75) is 141 Å². The zero-order chi connectivity index (χ0) is 37.7. The summed E-state index contributed by atoms with van der Waals surface area (Å²) >= 11 is 0. The number of aliphatic hydroxyl groups is 2. The van der Waals surface area contributed by atoms with Crippen LogP contribution in [0.25, 0.3) is 0 Å². The number of rotatable bonds is 30. The molecule has 0 amide bonds. The van der Waals surface area contributed by atoms with Crippen LogP contribution in [0, 0.1) is 33.9 Å². The van der Waals surface area contributed by atoms with E-state index in [1.165, 1.54) is 12.8 Å². The van der Waals surface area contributed by atoms with E-state index in [0.29, 0.717) is 52.9 Å². The van der Waals surface area contributed by atoms with E-state index in [1.54, 1.807) is 0 Å². The summed E-state index contributed by atoms with van der Waals surface area (Å²) in [6, 6.07) is 0. The maximum Gasteiger partial charge on any atom is 0.157 e. The molecule has 4 unspecified atom stereocenters. The minimum Gasteiger partial charge on any atom is -0.554 e. The Morgan fingerprint density at radius 3 is 1.30 bits per heavy atom. The fraction of sp³-hybridized carbons (Fsp3) is 0.897. The molecular weight excluding hydrogens is 1190 g/mol. The Balaban J connectivity index is -0.000000697. The molecule has 0 aromatic carbocycles. The van der Waals surface area contributed by atoms with Crippen LogP contribution in [0.4, 0.5) is 0 Å². The molecule has 2 aliphatic heterocycles. The number of ether oxygens (including phenoxy) is 10. The first kappa shape index (κ1) is 54.9. The standard InChI is InChI=1S/C15H30O4.2C12H23O4.2Rf/c1-5-7-9-18-13-15(11-16-3,12-17-4)14-19-10-8-6-2;2*1-14-10-11(13)6-2-4-8-15-12-7-3-5-9-16-12;;/h3-14H2,1-2H3;2*11-13H,1-10H2;;/q-2;2*-1;;. The van der Waals surface area contributed by atoms with Gasteiger partial charge in [0, 0.05) is 66.1 Å². The van der Waals surface area contributed by atoms with Crippen molar-refractivity contribution in [3.8, 4) is 0 Å².